The molecule has 1 amide bonds. The number of benzene rings is 1. The Balaban J connectivity index is 2.10. The highest BCUT2D eigenvalue weighted by atomic mass is 16.5. The first-order valence-electron chi connectivity index (χ1n) is 10.2. The van der Waals surface area contributed by atoms with E-state index in [1.807, 2.05) is 19.1 Å². The predicted molar refractivity (Wildman–Crippen MR) is 114 cm³/mol. The average molecular weight is 390 g/mol. The lowest BCUT2D eigenvalue weighted by atomic mass is 10.0. The Morgan fingerprint density at radius 2 is 1.96 bits per heavy atom. The summed E-state index contributed by atoms with van der Waals surface area (Å²) in [6.45, 7) is 6.18. The van der Waals surface area contributed by atoms with Gasteiger partial charge in [0, 0.05) is 39.2 Å². The van der Waals surface area contributed by atoms with Crippen LogP contribution in [0.2, 0.25) is 0 Å². The molecule has 7 nitrogen and oxygen atoms in total. The normalized spacial score (nSPS) is 15.9. The van der Waals surface area contributed by atoms with Crippen LogP contribution in [0.25, 0.3) is 0 Å². The molecule has 1 aromatic carbocycles. The second-order valence-corrected chi connectivity index (χ2v) is 7.19. The summed E-state index contributed by atoms with van der Waals surface area (Å²) in [6.07, 6.45) is 2.89. The van der Waals surface area contributed by atoms with E-state index < -0.39 is 0 Å². The Kier molecular flexibility index (Phi) is 9.07. The number of carbonyl (C=O) groups is 1. The molecule has 0 bridgehead atoms. The molecule has 1 fully saturated rings. The largest absolute Gasteiger partial charge is 0.496 e. The maximum absolute atomic E-state index is 11.8. The molecule has 1 saturated heterocycles. The summed E-state index contributed by atoms with van der Waals surface area (Å²) in [5.74, 6) is 1.75. The van der Waals surface area contributed by atoms with Crippen LogP contribution < -0.4 is 15.4 Å². The standard InChI is InChI=1S/C21H35N5O2/c1-5-22-21(23-13-12-20(27)25(2)3)24-16-18(26-14-8-9-15-26)17-10-6-7-11-19(17)28-4/h6-7,10-11,18H,5,8-9,12-16H2,1-4H3,(H2,22,23,24). The van der Waals surface area contributed by atoms with Crippen LogP contribution in [0.1, 0.15) is 37.8 Å². The molecule has 7 heteroatoms. The molecule has 1 unspecified atom stereocenters. The Bertz CT molecular complexity index is 641. The molecule has 2 N–H and O–H groups in total. The number of aliphatic imine (C=N–C) groups is 1. The van der Waals surface area contributed by atoms with Gasteiger partial charge in [-0.05, 0) is 38.9 Å². The van der Waals surface area contributed by atoms with Gasteiger partial charge in [0.15, 0.2) is 5.96 Å². The lowest BCUT2D eigenvalue weighted by Gasteiger charge is -2.28. The van der Waals surface area contributed by atoms with Crippen molar-refractivity contribution < 1.29 is 9.53 Å². The lowest BCUT2D eigenvalue weighted by Crippen LogP contribution is -2.40. The topological polar surface area (TPSA) is 69.2 Å². The van der Waals surface area contributed by atoms with Gasteiger partial charge in [0.05, 0.1) is 19.7 Å². The highest BCUT2D eigenvalue weighted by Crippen LogP contribution is 2.31. The quantitative estimate of drug-likeness (QED) is 0.498. The van der Waals surface area contributed by atoms with E-state index >= 15 is 0 Å². The number of nitrogens with one attached hydrogen (secondary N) is 2. The van der Waals surface area contributed by atoms with Crippen molar-refractivity contribution in [1.29, 1.82) is 0 Å². The number of ether oxygens (including phenoxy) is 1. The highest BCUT2D eigenvalue weighted by molar-refractivity contribution is 5.81. The van der Waals surface area contributed by atoms with Crippen molar-refractivity contribution in [2.45, 2.75) is 32.2 Å². The van der Waals surface area contributed by atoms with E-state index in [-0.39, 0.29) is 11.9 Å². The molecule has 1 heterocycles. The van der Waals surface area contributed by atoms with Gasteiger partial charge in [-0.3, -0.25) is 14.7 Å². The van der Waals surface area contributed by atoms with Crippen molar-refractivity contribution in [3.63, 3.8) is 0 Å². The molecule has 1 aliphatic rings. The van der Waals surface area contributed by atoms with Gasteiger partial charge in [-0.2, -0.15) is 0 Å². The summed E-state index contributed by atoms with van der Waals surface area (Å²) in [6, 6.07) is 8.38. The van der Waals surface area contributed by atoms with Crippen molar-refractivity contribution in [3.05, 3.63) is 29.8 Å². The number of carbonyl (C=O) groups excluding carboxylic acids is 1. The van der Waals surface area contributed by atoms with E-state index in [0.29, 0.717) is 19.5 Å². The number of guanidine groups is 1. The molecule has 28 heavy (non-hydrogen) atoms. The fourth-order valence-corrected chi connectivity index (χ4v) is 3.44. The van der Waals surface area contributed by atoms with E-state index in [1.54, 1.807) is 26.1 Å². The Morgan fingerprint density at radius 3 is 2.61 bits per heavy atom. The van der Waals surface area contributed by atoms with Crippen LogP contribution >= 0.6 is 0 Å². The summed E-state index contributed by atoms with van der Waals surface area (Å²) in [5, 5.41) is 6.55. The second-order valence-electron chi connectivity index (χ2n) is 7.19. The SMILES string of the molecule is CCNC(=NCC(c1ccccc1OC)N1CCCC1)NCCC(=O)N(C)C. The lowest BCUT2D eigenvalue weighted by molar-refractivity contribution is -0.128. The molecule has 0 saturated carbocycles. The van der Waals surface area contributed by atoms with Crippen molar-refractivity contribution in [1.82, 2.24) is 20.4 Å². The van der Waals surface area contributed by atoms with Gasteiger partial charge in [-0.1, -0.05) is 18.2 Å². The maximum Gasteiger partial charge on any atom is 0.223 e. The second kappa shape index (κ2) is 11.5. The number of amides is 1. The summed E-state index contributed by atoms with van der Waals surface area (Å²) in [4.78, 5) is 20.7. The highest BCUT2D eigenvalue weighted by Gasteiger charge is 2.25. The Labute approximate surface area is 169 Å². The number of rotatable bonds is 9. The van der Waals surface area contributed by atoms with E-state index in [2.05, 4.69) is 27.7 Å². The van der Waals surface area contributed by atoms with Crippen LogP contribution in [0.15, 0.2) is 29.3 Å². The zero-order valence-electron chi connectivity index (χ0n) is 17.7. The van der Waals surface area contributed by atoms with Gasteiger partial charge in [0.25, 0.3) is 0 Å². The molecular weight excluding hydrogens is 354 g/mol. The third kappa shape index (κ3) is 6.41. The number of hydrogen-bond acceptors (Lipinski definition) is 4. The molecule has 1 aliphatic heterocycles. The van der Waals surface area contributed by atoms with Crippen molar-refractivity contribution in [2.75, 3.05) is 53.9 Å². The van der Waals surface area contributed by atoms with Gasteiger partial charge >= 0.3 is 0 Å². The summed E-state index contributed by atoms with van der Waals surface area (Å²) >= 11 is 0. The van der Waals surface area contributed by atoms with Crippen LogP contribution in [0.4, 0.5) is 0 Å². The van der Waals surface area contributed by atoms with Gasteiger partial charge < -0.3 is 20.3 Å². The van der Waals surface area contributed by atoms with Crippen molar-refractivity contribution in [3.8, 4) is 5.75 Å². The first kappa shape index (κ1) is 22.0. The smallest absolute Gasteiger partial charge is 0.223 e. The maximum atomic E-state index is 11.8. The summed E-state index contributed by atoms with van der Waals surface area (Å²) in [7, 11) is 5.27. The van der Waals surface area contributed by atoms with Crippen LogP contribution in [0, 0.1) is 0 Å². The first-order valence-corrected chi connectivity index (χ1v) is 10.2. The fourth-order valence-electron chi connectivity index (χ4n) is 3.44. The van der Waals surface area contributed by atoms with E-state index in [0.717, 1.165) is 31.3 Å². The monoisotopic (exact) mass is 389 g/mol. The molecule has 0 spiro atoms. The van der Waals surface area contributed by atoms with E-state index in [4.69, 9.17) is 9.73 Å². The van der Waals surface area contributed by atoms with Crippen molar-refractivity contribution >= 4 is 11.9 Å². The van der Waals surface area contributed by atoms with Crippen molar-refractivity contribution in [2.24, 2.45) is 4.99 Å². The molecular formula is C21H35N5O2. The van der Waals surface area contributed by atoms with Gasteiger partial charge in [-0.25, -0.2) is 0 Å². The van der Waals surface area contributed by atoms with Crippen LogP contribution in [0.3, 0.4) is 0 Å². The zero-order valence-corrected chi connectivity index (χ0v) is 17.7. The molecule has 0 aromatic heterocycles. The van der Waals surface area contributed by atoms with Gasteiger partial charge in [0.2, 0.25) is 5.91 Å². The predicted octanol–water partition coefficient (Wildman–Crippen LogP) is 1.87. The molecule has 0 aliphatic carbocycles. The first-order chi connectivity index (χ1) is 13.6. The minimum absolute atomic E-state index is 0.104. The summed E-state index contributed by atoms with van der Waals surface area (Å²) < 4.78 is 5.61. The Morgan fingerprint density at radius 1 is 1.25 bits per heavy atom. The molecule has 156 valence electrons. The van der Waals surface area contributed by atoms with E-state index in [1.165, 1.54) is 18.4 Å². The molecule has 0 radical (unpaired) electrons. The molecule has 1 aromatic rings. The number of methoxy groups -OCH3 is 1. The number of hydrogen-bond donors (Lipinski definition) is 2. The fraction of sp³-hybridized carbons (Fsp3) is 0.619. The number of nitrogens with zero attached hydrogens (tertiary/aromatic N) is 3. The average Bonchev–Trinajstić information content (AvgIpc) is 3.22. The van der Waals surface area contributed by atoms with Crippen LogP contribution in [-0.2, 0) is 4.79 Å². The zero-order chi connectivity index (χ0) is 20.4. The van der Waals surface area contributed by atoms with Gasteiger partial charge in [-0.15, -0.1) is 0 Å². The Hall–Kier alpha value is -2.28. The number of likely N-dealkylation sites (tertiary alicyclic amines) is 1. The number of para-hydroxylation sites is 1. The van der Waals surface area contributed by atoms with Crippen LogP contribution in [-0.4, -0.2) is 75.6 Å². The molecule has 2 rings (SSSR count). The third-order valence-corrected chi connectivity index (χ3v) is 4.98. The van der Waals surface area contributed by atoms with Gasteiger partial charge in [0.1, 0.15) is 5.75 Å². The van der Waals surface area contributed by atoms with Crippen LogP contribution in [0.5, 0.6) is 5.75 Å². The third-order valence-electron chi connectivity index (χ3n) is 4.98. The minimum Gasteiger partial charge on any atom is -0.496 e. The molecule has 1 atom stereocenters. The minimum atomic E-state index is 0.104. The van der Waals surface area contributed by atoms with E-state index in [9.17, 15) is 4.79 Å². The summed E-state index contributed by atoms with van der Waals surface area (Å²) in [5.41, 5.74) is 1.18.